The molecule has 0 spiro atoms. The third kappa shape index (κ3) is 7.62. The highest BCUT2D eigenvalue weighted by atomic mass is 16.5. The van der Waals surface area contributed by atoms with Crippen molar-refractivity contribution in [2.24, 2.45) is 0 Å². The summed E-state index contributed by atoms with van der Waals surface area (Å²) in [7, 11) is 3.20. The summed E-state index contributed by atoms with van der Waals surface area (Å²) in [5.41, 5.74) is 4.55. The summed E-state index contributed by atoms with van der Waals surface area (Å²) in [6, 6.07) is 17.4. The average Bonchev–Trinajstić information content (AvgIpc) is 3.29. The van der Waals surface area contributed by atoms with Crippen LogP contribution in [0.3, 0.4) is 0 Å². The van der Waals surface area contributed by atoms with E-state index in [0.717, 1.165) is 39.3 Å². The minimum Gasteiger partial charge on any atom is -0.493 e. The lowest BCUT2D eigenvalue weighted by atomic mass is 9.93. The van der Waals surface area contributed by atoms with Crippen LogP contribution in [0.5, 0.6) is 23.0 Å². The molecule has 3 aliphatic rings. The average molecular weight is 643 g/mol. The third-order valence-corrected chi connectivity index (χ3v) is 8.93. The van der Waals surface area contributed by atoms with Crippen molar-refractivity contribution in [1.82, 2.24) is 20.4 Å². The summed E-state index contributed by atoms with van der Waals surface area (Å²) >= 11 is 0. The lowest BCUT2D eigenvalue weighted by Crippen LogP contribution is -2.45. The number of aryl methyl sites for hydroxylation is 1. The molecule has 3 amide bonds. The first-order chi connectivity index (χ1) is 22.9. The molecule has 3 heterocycles. The van der Waals surface area contributed by atoms with Crippen LogP contribution in [0.15, 0.2) is 54.6 Å². The number of hydrogen-bond donors (Lipinski definition) is 2. The van der Waals surface area contributed by atoms with E-state index in [9.17, 15) is 14.4 Å². The Morgan fingerprint density at radius 2 is 1.74 bits per heavy atom. The Bertz CT molecular complexity index is 1630. The highest BCUT2D eigenvalue weighted by Crippen LogP contribution is 2.42. The maximum Gasteiger partial charge on any atom is 0.236 e. The number of para-hydroxylation sites is 1. The normalized spacial score (nSPS) is 18.9. The van der Waals surface area contributed by atoms with E-state index in [1.54, 1.807) is 19.1 Å². The molecule has 4 bridgehead atoms. The van der Waals surface area contributed by atoms with Gasteiger partial charge in [-0.1, -0.05) is 24.3 Å². The number of hydrogen-bond acceptors (Lipinski definition) is 8. The number of nitrogens with one attached hydrogen (secondary N) is 2. The van der Waals surface area contributed by atoms with Crippen LogP contribution in [0.25, 0.3) is 11.1 Å². The quantitative estimate of drug-likeness (QED) is 0.444. The van der Waals surface area contributed by atoms with Crippen LogP contribution >= 0.6 is 0 Å². The molecule has 3 aromatic carbocycles. The smallest absolute Gasteiger partial charge is 0.236 e. The van der Waals surface area contributed by atoms with Crippen molar-refractivity contribution in [3.63, 3.8) is 0 Å². The van der Waals surface area contributed by atoms with Crippen LogP contribution in [-0.4, -0.2) is 87.7 Å². The van der Waals surface area contributed by atoms with Crippen molar-refractivity contribution in [2.75, 3.05) is 60.2 Å². The standard InChI is InChI=1S/C36H42N4O7/c1-44-32-20-24-7-10-33(41)37-13-15-40(35(43)23-39-16-18-47-30-6-4-3-5-26(30)22-39)14-11-34(42)38-29-12-17-46-31-9-8-25(21-28(29)31)27(19-24)36(32)45-2/h3-6,8-9,19-21,29H,7,10-18,22-23H2,1-2H3,(H,37,41)(H,38,42). The SMILES string of the molecule is COc1cc2cc(c1OC)-c1ccc3c(c1)C(CCO3)NC(=O)CCN(C(=O)CN1CCOc3ccccc3C1)CCNC(=O)CC2. The third-order valence-electron chi connectivity index (χ3n) is 8.93. The first kappa shape index (κ1) is 32.2. The van der Waals surface area contributed by atoms with E-state index in [0.29, 0.717) is 57.2 Å². The number of carbonyl (C=O) groups excluding carboxylic acids is 3. The summed E-state index contributed by atoms with van der Waals surface area (Å²) < 4.78 is 23.3. The van der Waals surface area contributed by atoms with Gasteiger partial charge in [0, 0.05) is 68.7 Å². The van der Waals surface area contributed by atoms with Crippen LogP contribution < -0.4 is 29.6 Å². The summed E-state index contributed by atoms with van der Waals surface area (Å²) in [5, 5.41) is 6.15. The molecular formula is C36H42N4O7. The molecule has 6 rings (SSSR count). The second-order valence-corrected chi connectivity index (χ2v) is 12.0. The molecular weight excluding hydrogens is 600 g/mol. The van der Waals surface area contributed by atoms with Gasteiger partial charge in [0.2, 0.25) is 17.7 Å². The predicted molar refractivity (Wildman–Crippen MR) is 176 cm³/mol. The van der Waals surface area contributed by atoms with Gasteiger partial charge in [0.15, 0.2) is 11.5 Å². The molecule has 3 aliphatic heterocycles. The van der Waals surface area contributed by atoms with Crippen LogP contribution in [-0.2, 0) is 27.3 Å². The zero-order valence-corrected chi connectivity index (χ0v) is 27.0. The first-order valence-electron chi connectivity index (χ1n) is 16.2. The van der Waals surface area contributed by atoms with Crippen LogP contribution in [0.2, 0.25) is 0 Å². The van der Waals surface area contributed by atoms with Crippen molar-refractivity contribution < 1.29 is 33.3 Å². The molecule has 11 nitrogen and oxygen atoms in total. The molecule has 0 saturated heterocycles. The van der Waals surface area contributed by atoms with Crippen molar-refractivity contribution in [2.45, 2.75) is 38.3 Å². The van der Waals surface area contributed by atoms with Crippen molar-refractivity contribution in [1.29, 1.82) is 0 Å². The van der Waals surface area contributed by atoms with Gasteiger partial charge >= 0.3 is 0 Å². The molecule has 11 heteroatoms. The monoisotopic (exact) mass is 642 g/mol. The van der Waals surface area contributed by atoms with Gasteiger partial charge in [-0.3, -0.25) is 19.3 Å². The molecule has 0 aromatic heterocycles. The number of fused-ring (bicyclic) bond motifs is 5. The van der Waals surface area contributed by atoms with Crippen LogP contribution in [0.1, 0.15) is 42.0 Å². The number of amides is 3. The highest BCUT2D eigenvalue weighted by molar-refractivity contribution is 5.82. The summed E-state index contributed by atoms with van der Waals surface area (Å²) in [6.45, 7) is 3.16. The maximum atomic E-state index is 13.7. The van der Waals surface area contributed by atoms with E-state index in [4.69, 9.17) is 18.9 Å². The molecule has 0 saturated carbocycles. The largest absolute Gasteiger partial charge is 0.493 e. The fraction of sp³-hybridized carbons (Fsp3) is 0.417. The molecule has 248 valence electrons. The summed E-state index contributed by atoms with van der Waals surface area (Å²) in [6.07, 6.45) is 1.51. The Hall–Kier alpha value is -4.77. The minimum absolute atomic E-state index is 0.0975. The highest BCUT2D eigenvalue weighted by Gasteiger charge is 2.27. The van der Waals surface area contributed by atoms with Gasteiger partial charge < -0.3 is 34.5 Å². The molecule has 1 unspecified atom stereocenters. The molecule has 0 aliphatic carbocycles. The summed E-state index contributed by atoms with van der Waals surface area (Å²) in [4.78, 5) is 43.7. The van der Waals surface area contributed by atoms with E-state index in [2.05, 4.69) is 15.5 Å². The zero-order valence-electron chi connectivity index (χ0n) is 27.0. The molecule has 0 radical (unpaired) electrons. The molecule has 0 fully saturated rings. The van der Waals surface area contributed by atoms with E-state index in [1.807, 2.05) is 54.6 Å². The Morgan fingerprint density at radius 3 is 2.60 bits per heavy atom. The van der Waals surface area contributed by atoms with Crippen molar-refractivity contribution >= 4 is 17.7 Å². The van der Waals surface area contributed by atoms with Gasteiger partial charge in [-0.05, 0) is 47.9 Å². The van der Waals surface area contributed by atoms with Crippen molar-refractivity contribution in [3.8, 4) is 34.1 Å². The van der Waals surface area contributed by atoms with Crippen LogP contribution in [0.4, 0.5) is 0 Å². The maximum absolute atomic E-state index is 13.7. The lowest BCUT2D eigenvalue weighted by Gasteiger charge is -2.29. The Kier molecular flexibility index (Phi) is 10.1. The van der Waals surface area contributed by atoms with E-state index >= 15 is 0 Å². The fourth-order valence-electron chi connectivity index (χ4n) is 6.44. The Balaban J connectivity index is 1.24. The van der Waals surface area contributed by atoms with E-state index in [1.165, 1.54) is 0 Å². The second-order valence-electron chi connectivity index (χ2n) is 12.0. The topological polar surface area (TPSA) is 119 Å². The lowest BCUT2D eigenvalue weighted by molar-refractivity contribution is -0.133. The molecule has 3 aromatic rings. The number of nitrogens with zero attached hydrogens (tertiary/aromatic N) is 2. The van der Waals surface area contributed by atoms with Crippen molar-refractivity contribution in [3.05, 3.63) is 71.3 Å². The second kappa shape index (κ2) is 14.8. The van der Waals surface area contributed by atoms with Gasteiger partial charge in [0.1, 0.15) is 18.1 Å². The number of ether oxygens (including phenoxy) is 4. The first-order valence-corrected chi connectivity index (χ1v) is 16.2. The fourth-order valence-corrected chi connectivity index (χ4v) is 6.44. The molecule has 1 atom stereocenters. The van der Waals surface area contributed by atoms with Gasteiger partial charge in [0.25, 0.3) is 0 Å². The minimum atomic E-state index is -0.248. The predicted octanol–water partition coefficient (Wildman–Crippen LogP) is 3.49. The van der Waals surface area contributed by atoms with Gasteiger partial charge in [-0.25, -0.2) is 0 Å². The van der Waals surface area contributed by atoms with E-state index < -0.39 is 0 Å². The molecule has 47 heavy (non-hydrogen) atoms. The molecule has 2 N–H and O–H groups in total. The van der Waals surface area contributed by atoms with E-state index in [-0.39, 0.29) is 56.2 Å². The Morgan fingerprint density at radius 1 is 0.894 bits per heavy atom. The van der Waals surface area contributed by atoms with Gasteiger partial charge in [0.05, 0.1) is 33.4 Å². The van der Waals surface area contributed by atoms with Crippen LogP contribution in [0, 0.1) is 0 Å². The number of methoxy groups -OCH3 is 2. The number of benzene rings is 3. The van der Waals surface area contributed by atoms with Gasteiger partial charge in [-0.2, -0.15) is 0 Å². The van der Waals surface area contributed by atoms with Gasteiger partial charge in [-0.15, -0.1) is 0 Å². The Labute approximate surface area is 275 Å². The number of carbonyl (C=O) groups is 3. The zero-order chi connectivity index (χ0) is 32.8. The number of rotatable bonds is 4. The summed E-state index contributed by atoms with van der Waals surface area (Å²) in [5.74, 6) is 2.34.